The van der Waals surface area contributed by atoms with E-state index in [1.165, 1.54) is 0 Å². The summed E-state index contributed by atoms with van der Waals surface area (Å²) in [5, 5.41) is 10.2. The van der Waals surface area contributed by atoms with Crippen LogP contribution in [-0.2, 0) is 6.61 Å². The molecule has 2 aromatic carbocycles. The normalized spacial score (nSPS) is 10.6. The number of aliphatic hydroxyl groups excluding tert-OH is 1. The Morgan fingerprint density at radius 3 is 2.67 bits per heavy atom. The molecule has 1 heterocycles. The van der Waals surface area contributed by atoms with Gasteiger partial charge in [0, 0.05) is 11.5 Å². The lowest BCUT2D eigenvalue weighted by atomic mass is 10.2. The van der Waals surface area contributed by atoms with E-state index in [1.807, 2.05) is 36.4 Å². The zero-order valence-corrected chi connectivity index (χ0v) is 11.6. The summed E-state index contributed by atoms with van der Waals surface area (Å²) in [4.78, 5) is 4.46. The van der Waals surface area contributed by atoms with Gasteiger partial charge in [0.25, 0.3) is 0 Å². The molecule has 0 unspecified atom stereocenters. The fourth-order valence-corrected chi connectivity index (χ4v) is 2.11. The monoisotopic (exact) mass is 281 g/mol. The highest BCUT2D eigenvalue weighted by molar-refractivity contribution is 5.78. The maximum Gasteiger partial charge on any atom is 0.219 e. The van der Waals surface area contributed by atoms with E-state index in [1.54, 1.807) is 25.3 Å². The molecule has 3 aromatic rings. The summed E-state index contributed by atoms with van der Waals surface area (Å²) in [6.45, 7) is -0.0368. The standard InChI is InChI=1S/C17H15NO3/c1-20-16-10-12(11-19)6-8-15(16)21-17-9-7-13-4-2-3-5-14(13)18-17/h2-10,19H,11H2,1H3. The fraction of sp³-hybridized carbons (Fsp3) is 0.118. The van der Waals surface area contributed by atoms with Crippen molar-refractivity contribution in [3.63, 3.8) is 0 Å². The number of ether oxygens (including phenoxy) is 2. The zero-order valence-electron chi connectivity index (χ0n) is 11.6. The summed E-state index contributed by atoms with van der Waals surface area (Å²) in [5.74, 6) is 1.64. The van der Waals surface area contributed by atoms with E-state index in [9.17, 15) is 0 Å². The first-order valence-electron chi connectivity index (χ1n) is 6.61. The SMILES string of the molecule is COc1cc(CO)ccc1Oc1ccc2ccccc2n1. The number of benzene rings is 2. The minimum atomic E-state index is -0.0368. The van der Waals surface area contributed by atoms with Crippen molar-refractivity contribution < 1.29 is 14.6 Å². The van der Waals surface area contributed by atoms with Crippen molar-refractivity contribution in [2.45, 2.75) is 6.61 Å². The minimum absolute atomic E-state index is 0.0368. The van der Waals surface area contributed by atoms with Crippen LogP contribution in [0, 0.1) is 0 Å². The quantitative estimate of drug-likeness (QED) is 0.795. The van der Waals surface area contributed by atoms with E-state index in [-0.39, 0.29) is 6.61 Å². The van der Waals surface area contributed by atoms with Crippen molar-refractivity contribution in [2.24, 2.45) is 0 Å². The van der Waals surface area contributed by atoms with Gasteiger partial charge in [0.05, 0.1) is 19.2 Å². The van der Waals surface area contributed by atoms with Gasteiger partial charge in [-0.3, -0.25) is 0 Å². The van der Waals surface area contributed by atoms with Crippen LogP contribution in [0.4, 0.5) is 0 Å². The van der Waals surface area contributed by atoms with Gasteiger partial charge in [-0.1, -0.05) is 24.3 Å². The molecule has 0 aliphatic heterocycles. The van der Waals surface area contributed by atoms with Gasteiger partial charge in [0.15, 0.2) is 11.5 Å². The Morgan fingerprint density at radius 2 is 1.86 bits per heavy atom. The third-order valence-electron chi connectivity index (χ3n) is 3.20. The minimum Gasteiger partial charge on any atom is -0.493 e. The van der Waals surface area contributed by atoms with Gasteiger partial charge in [-0.2, -0.15) is 0 Å². The summed E-state index contributed by atoms with van der Waals surface area (Å²) < 4.78 is 11.1. The number of rotatable bonds is 4. The maximum absolute atomic E-state index is 9.15. The maximum atomic E-state index is 9.15. The van der Waals surface area contributed by atoms with Gasteiger partial charge in [-0.25, -0.2) is 4.98 Å². The molecule has 0 fully saturated rings. The van der Waals surface area contributed by atoms with Crippen LogP contribution in [0.1, 0.15) is 5.56 Å². The number of methoxy groups -OCH3 is 1. The lowest BCUT2D eigenvalue weighted by Gasteiger charge is -2.11. The van der Waals surface area contributed by atoms with Gasteiger partial charge >= 0.3 is 0 Å². The van der Waals surface area contributed by atoms with Crippen LogP contribution < -0.4 is 9.47 Å². The molecule has 0 saturated carbocycles. The molecule has 1 aromatic heterocycles. The van der Waals surface area contributed by atoms with Crippen LogP contribution in [0.2, 0.25) is 0 Å². The molecule has 4 heteroatoms. The first kappa shape index (κ1) is 13.4. The van der Waals surface area contributed by atoms with Crippen molar-refractivity contribution in [1.82, 2.24) is 4.98 Å². The Kier molecular flexibility index (Phi) is 3.71. The first-order valence-corrected chi connectivity index (χ1v) is 6.61. The Morgan fingerprint density at radius 1 is 1.00 bits per heavy atom. The van der Waals surface area contributed by atoms with Gasteiger partial charge in [-0.15, -0.1) is 0 Å². The van der Waals surface area contributed by atoms with Crippen LogP contribution in [0.25, 0.3) is 10.9 Å². The second kappa shape index (κ2) is 5.81. The number of para-hydroxylation sites is 1. The number of pyridine rings is 1. The predicted molar refractivity (Wildman–Crippen MR) is 80.7 cm³/mol. The summed E-state index contributed by atoms with van der Waals surface area (Å²) in [6, 6.07) is 16.9. The molecule has 0 saturated heterocycles. The van der Waals surface area contributed by atoms with E-state index in [0.717, 1.165) is 16.5 Å². The summed E-state index contributed by atoms with van der Waals surface area (Å²) in [7, 11) is 1.57. The van der Waals surface area contributed by atoms with Crippen LogP contribution in [0.15, 0.2) is 54.6 Å². The van der Waals surface area contributed by atoms with E-state index in [2.05, 4.69) is 4.98 Å². The third kappa shape index (κ3) is 2.80. The van der Waals surface area contributed by atoms with Crippen LogP contribution in [-0.4, -0.2) is 17.2 Å². The van der Waals surface area contributed by atoms with Gasteiger partial charge < -0.3 is 14.6 Å². The molecular weight excluding hydrogens is 266 g/mol. The molecule has 4 nitrogen and oxygen atoms in total. The Balaban J connectivity index is 1.94. The number of nitrogens with zero attached hydrogens (tertiary/aromatic N) is 1. The number of hydrogen-bond donors (Lipinski definition) is 1. The molecule has 0 aliphatic rings. The average Bonchev–Trinajstić information content (AvgIpc) is 2.55. The molecule has 0 amide bonds. The molecular formula is C17H15NO3. The highest BCUT2D eigenvalue weighted by atomic mass is 16.5. The molecule has 0 atom stereocenters. The second-order valence-corrected chi connectivity index (χ2v) is 4.59. The van der Waals surface area contributed by atoms with Crippen LogP contribution >= 0.6 is 0 Å². The van der Waals surface area contributed by atoms with E-state index < -0.39 is 0 Å². The summed E-state index contributed by atoms with van der Waals surface area (Å²) >= 11 is 0. The summed E-state index contributed by atoms with van der Waals surface area (Å²) in [6.07, 6.45) is 0. The third-order valence-corrected chi connectivity index (χ3v) is 3.20. The molecule has 1 N–H and O–H groups in total. The molecule has 0 radical (unpaired) electrons. The van der Waals surface area contributed by atoms with Crippen molar-refractivity contribution in [2.75, 3.05) is 7.11 Å². The second-order valence-electron chi connectivity index (χ2n) is 4.59. The van der Waals surface area contributed by atoms with E-state index in [4.69, 9.17) is 14.6 Å². The van der Waals surface area contributed by atoms with Gasteiger partial charge in [0.1, 0.15) is 0 Å². The first-order chi connectivity index (χ1) is 10.3. The van der Waals surface area contributed by atoms with Gasteiger partial charge in [0.2, 0.25) is 5.88 Å². The average molecular weight is 281 g/mol. The molecule has 3 rings (SSSR count). The molecule has 21 heavy (non-hydrogen) atoms. The van der Waals surface area contributed by atoms with Crippen molar-refractivity contribution in [3.8, 4) is 17.4 Å². The number of aliphatic hydroxyl groups is 1. The highest BCUT2D eigenvalue weighted by Gasteiger charge is 2.08. The van der Waals surface area contributed by atoms with Gasteiger partial charge in [-0.05, 0) is 29.8 Å². The Hall–Kier alpha value is -2.59. The lowest BCUT2D eigenvalue weighted by Crippen LogP contribution is -1.94. The molecule has 106 valence electrons. The summed E-state index contributed by atoms with van der Waals surface area (Å²) in [5.41, 5.74) is 1.65. The lowest BCUT2D eigenvalue weighted by molar-refractivity contribution is 0.280. The number of aromatic nitrogens is 1. The predicted octanol–water partition coefficient (Wildman–Crippen LogP) is 3.53. The number of hydrogen-bond acceptors (Lipinski definition) is 4. The largest absolute Gasteiger partial charge is 0.493 e. The molecule has 0 spiro atoms. The highest BCUT2D eigenvalue weighted by Crippen LogP contribution is 2.32. The molecule has 0 aliphatic carbocycles. The van der Waals surface area contributed by atoms with Crippen molar-refractivity contribution >= 4 is 10.9 Å². The van der Waals surface area contributed by atoms with E-state index >= 15 is 0 Å². The molecule has 0 bridgehead atoms. The fourth-order valence-electron chi connectivity index (χ4n) is 2.11. The van der Waals surface area contributed by atoms with Crippen LogP contribution in [0.3, 0.4) is 0 Å². The number of fused-ring (bicyclic) bond motifs is 1. The zero-order chi connectivity index (χ0) is 14.7. The smallest absolute Gasteiger partial charge is 0.219 e. The Labute approximate surface area is 122 Å². The van der Waals surface area contributed by atoms with E-state index in [0.29, 0.717) is 17.4 Å². The topological polar surface area (TPSA) is 51.6 Å². The van der Waals surface area contributed by atoms with Crippen LogP contribution in [0.5, 0.6) is 17.4 Å². The van der Waals surface area contributed by atoms with Crippen molar-refractivity contribution in [1.29, 1.82) is 0 Å². The Bertz CT molecular complexity index is 771. The van der Waals surface area contributed by atoms with Crippen molar-refractivity contribution in [3.05, 3.63) is 60.2 Å².